The maximum atomic E-state index is 12.2. The lowest BCUT2D eigenvalue weighted by Gasteiger charge is -2.33. The standard InChI is InChI=1S/C15H27F3N2O2/c1-14(2,3)22-13(21)20-10-11-6-4-5-7-12(11)19-9-8-15(16,17)18/h11-12,19H,4-10H2,1-3H3,(H,20,21). The SMILES string of the molecule is CC(C)(C)OC(=O)NCC1CCCCC1NCCC(F)(F)F. The lowest BCUT2D eigenvalue weighted by Crippen LogP contribution is -2.45. The first-order chi connectivity index (χ1) is 10.1. The molecule has 7 heteroatoms. The molecule has 0 bridgehead atoms. The van der Waals surface area contributed by atoms with Crippen LogP contribution in [0.3, 0.4) is 0 Å². The van der Waals surface area contributed by atoms with Crippen molar-refractivity contribution in [1.29, 1.82) is 0 Å². The number of hydrogen-bond donors (Lipinski definition) is 2. The fourth-order valence-electron chi connectivity index (χ4n) is 2.65. The largest absolute Gasteiger partial charge is 0.444 e. The highest BCUT2D eigenvalue weighted by atomic mass is 19.4. The summed E-state index contributed by atoms with van der Waals surface area (Å²) in [6, 6.07) is 0.0195. The van der Waals surface area contributed by atoms with E-state index < -0.39 is 24.3 Å². The van der Waals surface area contributed by atoms with Gasteiger partial charge in [-0.3, -0.25) is 0 Å². The van der Waals surface area contributed by atoms with Crippen molar-refractivity contribution < 1.29 is 22.7 Å². The van der Waals surface area contributed by atoms with E-state index >= 15 is 0 Å². The van der Waals surface area contributed by atoms with E-state index in [1.54, 1.807) is 20.8 Å². The first-order valence-corrected chi connectivity index (χ1v) is 7.84. The lowest BCUT2D eigenvalue weighted by molar-refractivity contribution is -0.133. The predicted octanol–water partition coefficient (Wildman–Crippen LogP) is 3.61. The first-order valence-electron chi connectivity index (χ1n) is 7.84. The average molecular weight is 324 g/mol. The van der Waals surface area contributed by atoms with E-state index in [0.717, 1.165) is 25.7 Å². The molecule has 0 saturated heterocycles. The summed E-state index contributed by atoms with van der Waals surface area (Å²) >= 11 is 0. The molecule has 0 aromatic rings. The van der Waals surface area contributed by atoms with Crippen LogP contribution in [0.4, 0.5) is 18.0 Å². The Bertz CT molecular complexity index is 354. The summed E-state index contributed by atoms with van der Waals surface area (Å²) in [6.07, 6.45) is -1.64. The van der Waals surface area contributed by atoms with E-state index in [2.05, 4.69) is 10.6 Å². The Balaban J connectivity index is 2.37. The predicted molar refractivity (Wildman–Crippen MR) is 78.7 cm³/mol. The van der Waals surface area contributed by atoms with Gasteiger partial charge in [0.15, 0.2) is 0 Å². The number of halogens is 3. The summed E-state index contributed by atoms with van der Waals surface area (Å²) in [5, 5.41) is 5.71. The Morgan fingerprint density at radius 2 is 1.82 bits per heavy atom. The van der Waals surface area contributed by atoms with Gasteiger partial charge in [-0.25, -0.2) is 4.79 Å². The molecule has 1 saturated carbocycles. The summed E-state index contributed by atoms with van der Waals surface area (Å²) in [6.45, 7) is 5.72. The van der Waals surface area contributed by atoms with Crippen molar-refractivity contribution in [3.8, 4) is 0 Å². The lowest BCUT2D eigenvalue weighted by atomic mass is 9.84. The van der Waals surface area contributed by atoms with Gasteiger partial charge in [-0.1, -0.05) is 12.8 Å². The first kappa shape index (κ1) is 19.1. The van der Waals surface area contributed by atoms with Crippen molar-refractivity contribution in [1.82, 2.24) is 10.6 Å². The van der Waals surface area contributed by atoms with Crippen molar-refractivity contribution in [3.05, 3.63) is 0 Å². The second-order valence-corrected chi connectivity index (χ2v) is 6.85. The van der Waals surface area contributed by atoms with Gasteiger partial charge in [0.2, 0.25) is 0 Å². The minimum Gasteiger partial charge on any atom is -0.444 e. The summed E-state index contributed by atoms with van der Waals surface area (Å²) in [7, 11) is 0. The Hall–Kier alpha value is -0.980. The summed E-state index contributed by atoms with van der Waals surface area (Å²) < 4.78 is 41.8. The monoisotopic (exact) mass is 324 g/mol. The second kappa shape index (κ2) is 8.04. The van der Waals surface area contributed by atoms with Crippen molar-refractivity contribution in [2.75, 3.05) is 13.1 Å². The number of alkyl halides is 3. The third-order valence-electron chi connectivity index (χ3n) is 3.63. The topological polar surface area (TPSA) is 50.4 Å². The van der Waals surface area contributed by atoms with Crippen LogP contribution in [0.15, 0.2) is 0 Å². The van der Waals surface area contributed by atoms with E-state index in [-0.39, 0.29) is 18.5 Å². The normalized spacial score (nSPS) is 23.2. The number of rotatable bonds is 5. The number of ether oxygens (including phenoxy) is 1. The van der Waals surface area contributed by atoms with Gasteiger partial charge in [0.05, 0.1) is 6.42 Å². The van der Waals surface area contributed by atoms with Crippen LogP contribution in [0, 0.1) is 5.92 Å². The highest BCUT2D eigenvalue weighted by molar-refractivity contribution is 5.67. The van der Waals surface area contributed by atoms with Crippen LogP contribution < -0.4 is 10.6 Å². The number of nitrogens with one attached hydrogen (secondary N) is 2. The number of alkyl carbamates (subject to hydrolysis) is 1. The van der Waals surface area contributed by atoms with E-state index in [0.29, 0.717) is 6.54 Å². The Morgan fingerprint density at radius 1 is 1.18 bits per heavy atom. The Labute approximate surface area is 130 Å². The molecule has 0 aromatic heterocycles. The minimum absolute atomic E-state index is 0.0195. The van der Waals surface area contributed by atoms with Crippen LogP contribution in [-0.2, 0) is 4.74 Å². The molecule has 2 atom stereocenters. The molecular weight excluding hydrogens is 297 g/mol. The van der Waals surface area contributed by atoms with Crippen molar-refractivity contribution in [2.24, 2.45) is 5.92 Å². The molecule has 2 N–H and O–H groups in total. The summed E-state index contributed by atoms with van der Waals surface area (Å²) in [4.78, 5) is 11.7. The molecule has 130 valence electrons. The maximum absolute atomic E-state index is 12.2. The molecule has 1 amide bonds. The molecule has 0 aliphatic heterocycles. The molecule has 0 radical (unpaired) electrons. The zero-order valence-corrected chi connectivity index (χ0v) is 13.6. The number of carbonyl (C=O) groups is 1. The molecule has 4 nitrogen and oxygen atoms in total. The molecule has 1 aliphatic carbocycles. The maximum Gasteiger partial charge on any atom is 0.407 e. The molecule has 2 unspecified atom stereocenters. The molecule has 1 rings (SSSR count). The van der Waals surface area contributed by atoms with E-state index in [4.69, 9.17) is 4.74 Å². The van der Waals surface area contributed by atoms with Gasteiger partial charge in [0, 0.05) is 19.1 Å². The average Bonchev–Trinajstić information content (AvgIpc) is 2.34. The van der Waals surface area contributed by atoms with E-state index in [1.165, 1.54) is 0 Å². The molecule has 0 spiro atoms. The van der Waals surface area contributed by atoms with Gasteiger partial charge in [0.1, 0.15) is 5.60 Å². The minimum atomic E-state index is -4.13. The highest BCUT2D eigenvalue weighted by Gasteiger charge is 2.29. The fraction of sp³-hybridized carbons (Fsp3) is 0.933. The van der Waals surface area contributed by atoms with Crippen LogP contribution in [0.1, 0.15) is 52.9 Å². The smallest absolute Gasteiger partial charge is 0.407 e. The third-order valence-corrected chi connectivity index (χ3v) is 3.63. The third kappa shape index (κ3) is 8.46. The number of carbonyl (C=O) groups excluding carboxylic acids is 1. The number of amides is 1. The van der Waals surface area contributed by atoms with E-state index in [1.807, 2.05) is 0 Å². The van der Waals surface area contributed by atoms with Crippen LogP contribution in [0.5, 0.6) is 0 Å². The molecule has 1 fully saturated rings. The van der Waals surface area contributed by atoms with Crippen LogP contribution in [-0.4, -0.2) is 37.0 Å². The van der Waals surface area contributed by atoms with Crippen molar-refractivity contribution in [3.63, 3.8) is 0 Å². The molecule has 0 heterocycles. The fourth-order valence-corrected chi connectivity index (χ4v) is 2.65. The van der Waals surface area contributed by atoms with Crippen LogP contribution in [0.2, 0.25) is 0 Å². The summed E-state index contributed by atoms with van der Waals surface area (Å²) in [5.74, 6) is 0.148. The highest BCUT2D eigenvalue weighted by Crippen LogP contribution is 2.25. The van der Waals surface area contributed by atoms with Crippen molar-refractivity contribution in [2.45, 2.75) is 70.7 Å². The van der Waals surface area contributed by atoms with Crippen LogP contribution in [0.25, 0.3) is 0 Å². The van der Waals surface area contributed by atoms with Gasteiger partial charge >= 0.3 is 12.3 Å². The Morgan fingerprint density at radius 3 is 2.41 bits per heavy atom. The molecule has 1 aliphatic rings. The van der Waals surface area contributed by atoms with Gasteiger partial charge in [-0.15, -0.1) is 0 Å². The van der Waals surface area contributed by atoms with Crippen molar-refractivity contribution >= 4 is 6.09 Å². The Kier molecular flexibility index (Phi) is 6.97. The van der Waals surface area contributed by atoms with E-state index in [9.17, 15) is 18.0 Å². The zero-order valence-electron chi connectivity index (χ0n) is 13.6. The van der Waals surface area contributed by atoms with Gasteiger partial charge in [-0.05, 0) is 39.5 Å². The van der Waals surface area contributed by atoms with Crippen LogP contribution >= 0.6 is 0 Å². The molecule has 22 heavy (non-hydrogen) atoms. The second-order valence-electron chi connectivity index (χ2n) is 6.85. The van der Waals surface area contributed by atoms with Gasteiger partial charge in [0.25, 0.3) is 0 Å². The van der Waals surface area contributed by atoms with Gasteiger partial charge in [-0.2, -0.15) is 13.2 Å². The zero-order chi connectivity index (χ0) is 16.8. The summed E-state index contributed by atoms with van der Waals surface area (Å²) in [5.41, 5.74) is -0.555. The molecule has 0 aromatic carbocycles. The quantitative estimate of drug-likeness (QED) is 0.812. The van der Waals surface area contributed by atoms with Gasteiger partial charge < -0.3 is 15.4 Å². The molecular formula is C15H27F3N2O2. The number of hydrogen-bond acceptors (Lipinski definition) is 3.